The van der Waals surface area contributed by atoms with Crippen LogP contribution >= 0.6 is 11.8 Å². The molecule has 2 aromatic carbocycles. The zero-order valence-corrected chi connectivity index (χ0v) is 16.9. The number of anilines is 1. The van der Waals surface area contributed by atoms with Crippen molar-refractivity contribution in [1.82, 2.24) is 10.3 Å². The molecule has 0 bridgehead atoms. The molecule has 1 N–H and O–H groups in total. The Morgan fingerprint density at radius 2 is 2.00 bits per heavy atom. The Balaban J connectivity index is 1.56. The van der Waals surface area contributed by atoms with Crippen LogP contribution in [0.4, 0.5) is 5.69 Å². The summed E-state index contributed by atoms with van der Waals surface area (Å²) in [6, 6.07) is 17.4. The highest BCUT2D eigenvalue weighted by Gasteiger charge is 2.26. The van der Waals surface area contributed by atoms with Crippen molar-refractivity contribution in [3.05, 3.63) is 89.2 Å². The average molecular weight is 404 g/mol. The molecule has 6 heteroatoms. The number of amides is 2. The van der Waals surface area contributed by atoms with Crippen molar-refractivity contribution >= 4 is 29.3 Å². The normalized spacial score (nSPS) is 13.1. The molecule has 0 spiro atoms. The van der Waals surface area contributed by atoms with E-state index in [4.69, 9.17) is 0 Å². The lowest BCUT2D eigenvalue weighted by molar-refractivity contribution is -0.116. The second-order valence-corrected chi connectivity index (χ2v) is 8.00. The fraction of sp³-hybridized carbons (Fsp3) is 0.174. The van der Waals surface area contributed by atoms with Gasteiger partial charge in [0.25, 0.3) is 5.91 Å². The summed E-state index contributed by atoms with van der Waals surface area (Å²) in [4.78, 5) is 32.1. The van der Waals surface area contributed by atoms with Gasteiger partial charge in [-0.05, 0) is 42.3 Å². The van der Waals surface area contributed by atoms with Gasteiger partial charge in [-0.25, -0.2) is 0 Å². The SMILES string of the molecule is Cc1cccc(CN2C(=O)CSc3ccc(C(=O)NCc4cccnc4)cc32)c1. The summed E-state index contributed by atoms with van der Waals surface area (Å²) in [5.74, 6) is 0.290. The fourth-order valence-corrected chi connectivity index (χ4v) is 4.21. The smallest absolute Gasteiger partial charge is 0.251 e. The minimum atomic E-state index is -0.171. The van der Waals surface area contributed by atoms with Crippen LogP contribution in [-0.2, 0) is 17.9 Å². The van der Waals surface area contributed by atoms with Crippen molar-refractivity contribution in [2.24, 2.45) is 0 Å². The molecule has 146 valence electrons. The van der Waals surface area contributed by atoms with Crippen molar-refractivity contribution in [2.75, 3.05) is 10.7 Å². The summed E-state index contributed by atoms with van der Waals surface area (Å²) in [6.45, 7) is 2.94. The van der Waals surface area contributed by atoms with Gasteiger partial charge < -0.3 is 10.2 Å². The lowest BCUT2D eigenvalue weighted by atomic mass is 10.1. The molecule has 29 heavy (non-hydrogen) atoms. The monoisotopic (exact) mass is 403 g/mol. The van der Waals surface area contributed by atoms with E-state index < -0.39 is 0 Å². The number of carbonyl (C=O) groups excluding carboxylic acids is 2. The van der Waals surface area contributed by atoms with Crippen LogP contribution in [0, 0.1) is 6.92 Å². The number of hydrogen-bond donors (Lipinski definition) is 1. The minimum Gasteiger partial charge on any atom is -0.348 e. The summed E-state index contributed by atoms with van der Waals surface area (Å²) in [5.41, 5.74) is 4.50. The first kappa shape index (κ1) is 19.2. The van der Waals surface area contributed by atoms with E-state index in [0.29, 0.717) is 24.4 Å². The molecule has 2 amide bonds. The first-order valence-corrected chi connectivity index (χ1v) is 10.4. The van der Waals surface area contributed by atoms with Crippen LogP contribution in [0.15, 0.2) is 71.9 Å². The van der Waals surface area contributed by atoms with E-state index in [1.807, 2.05) is 55.5 Å². The first-order chi connectivity index (χ1) is 14.1. The Labute approximate surface area is 174 Å². The van der Waals surface area contributed by atoms with E-state index in [1.54, 1.807) is 17.3 Å². The second-order valence-electron chi connectivity index (χ2n) is 6.98. The number of pyridine rings is 1. The topological polar surface area (TPSA) is 62.3 Å². The van der Waals surface area contributed by atoms with Crippen LogP contribution in [0.3, 0.4) is 0 Å². The van der Waals surface area contributed by atoms with Crippen LogP contribution in [0.25, 0.3) is 0 Å². The van der Waals surface area contributed by atoms with Crippen molar-refractivity contribution in [3.63, 3.8) is 0 Å². The zero-order chi connectivity index (χ0) is 20.2. The Kier molecular flexibility index (Phi) is 5.62. The molecule has 1 aliphatic heterocycles. The number of nitrogens with one attached hydrogen (secondary N) is 1. The molecule has 0 unspecified atom stereocenters. The number of aryl methyl sites for hydroxylation is 1. The highest BCUT2D eigenvalue weighted by atomic mass is 32.2. The highest BCUT2D eigenvalue weighted by Crippen LogP contribution is 2.37. The fourth-order valence-electron chi connectivity index (χ4n) is 3.30. The number of carbonyl (C=O) groups is 2. The third-order valence-corrected chi connectivity index (χ3v) is 5.81. The molecule has 4 rings (SSSR count). The molecule has 2 heterocycles. The van der Waals surface area contributed by atoms with Crippen molar-refractivity contribution in [1.29, 1.82) is 0 Å². The standard InChI is InChI=1S/C23H21N3O2S/c1-16-4-2-5-17(10-16)14-26-20-11-19(7-8-21(20)29-15-22(26)27)23(28)25-13-18-6-3-9-24-12-18/h2-12H,13-15H2,1H3,(H,25,28). The molecule has 0 fully saturated rings. The maximum atomic E-state index is 12.7. The van der Waals surface area contributed by atoms with Gasteiger partial charge in [-0.15, -0.1) is 11.8 Å². The van der Waals surface area contributed by atoms with Crippen LogP contribution in [0.2, 0.25) is 0 Å². The maximum Gasteiger partial charge on any atom is 0.251 e. The molecule has 0 radical (unpaired) electrons. The Bertz CT molecular complexity index is 1050. The number of nitrogens with zero attached hydrogens (tertiary/aromatic N) is 2. The molecular formula is C23H21N3O2S. The van der Waals surface area contributed by atoms with E-state index in [0.717, 1.165) is 27.3 Å². The molecule has 1 aliphatic rings. The van der Waals surface area contributed by atoms with Crippen LogP contribution in [-0.4, -0.2) is 22.6 Å². The van der Waals surface area contributed by atoms with Crippen LogP contribution in [0.1, 0.15) is 27.0 Å². The van der Waals surface area contributed by atoms with Crippen molar-refractivity contribution < 1.29 is 9.59 Å². The lowest BCUT2D eigenvalue weighted by Crippen LogP contribution is -2.35. The Morgan fingerprint density at radius 3 is 2.79 bits per heavy atom. The van der Waals surface area contributed by atoms with Crippen LogP contribution < -0.4 is 10.2 Å². The number of aromatic nitrogens is 1. The third-order valence-electron chi connectivity index (χ3n) is 4.76. The summed E-state index contributed by atoms with van der Waals surface area (Å²) in [7, 11) is 0. The molecule has 0 atom stereocenters. The van der Waals surface area contributed by atoms with Gasteiger partial charge in [0.15, 0.2) is 0 Å². The lowest BCUT2D eigenvalue weighted by Gasteiger charge is -2.29. The predicted octanol–water partition coefficient (Wildman–Crippen LogP) is 3.96. The number of thioether (sulfide) groups is 1. The Morgan fingerprint density at radius 1 is 1.14 bits per heavy atom. The van der Waals surface area contributed by atoms with Crippen molar-refractivity contribution in [3.8, 4) is 0 Å². The van der Waals surface area contributed by atoms with Gasteiger partial charge in [0.2, 0.25) is 5.91 Å². The van der Waals surface area contributed by atoms with Gasteiger partial charge in [-0.1, -0.05) is 35.9 Å². The molecule has 5 nitrogen and oxygen atoms in total. The van der Waals surface area contributed by atoms with E-state index in [9.17, 15) is 9.59 Å². The zero-order valence-electron chi connectivity index (χ0n) is 16.1. The summed E-state index contributed by atoms with van der Waals surface area (Å²) in [5, 5.41) is 2.92. The van der Waals surface area contributed by atoms with Gasteiger partial charge in [0.05, 0.1) is 18.0 Å². The van der Waals surface area contributed by atoms with E-state index in [-0.39, 0.29) is 11.8 Å². The van der Waals surface area contributed by atoms with Gasteiger partial charge in [-0.3, -0.25) is 14.6 Å². The van der Waals surface area contributed by atoms with Gasteiger partial charge >= 0.3 is 0 Å². The summed E-state index contributed by atoms with van der Waals surface area (Å²) >= 11 is 1.51. The molecule has 0 aliphatic carbocycles. The summed E-state index contributed by atoms with van der Waals surface area (Å²) in [6.07, 6.45) is 3.43. The number of rotatable bonds is 5. The maximum absolute atomic E-state index is 12.7. The minimum absolute atomic E-state index is 0.0527. The number of benzene rings is 2. The van der Waals surface area contributed by atoms with E-state index in [2.05, 4.69) is 16.4 Å². The van der Waals surface area contributed by atoms with Crippen molar-refractivity contribution in [2.45, 2.75) is 24.9 Å². The van der Waals surface area contributed by atoms with Gasteiger partial charge in [-0.2, -0.15) is 0 Å². The summed E-state index contributed by atoms with van der Waals surface area (Å²) < 4.78 is 0. The van der Waals surface area contributed by atoms with Gasteiger partial charge in [0.1, 0.15) is 0 Å². The van der Waals surface area contributed by atoms with Gasteiger partial charge in [0, 0.05) is 29.4 Å². The van der Waals surface area contributed by atoms with E-state index >= 15 is 0 Å². The quantitative estimate of drug-likeness (QED) is 0.700. The third kappa shape index (κ3) is 4.49. The molecule has 0 saturated carbocycles. The second kappa shape index (κ2) is 8.49. The molecule has 3 aromatic rings. The largest absolute Gasteiger partial charge is 0.348 e. The molecule has 0 saturated heterocycles. The molecule has 1 aromatic heterocycles. The molecular weight excluding hydrogens is 382 g/mol. The predicted molar refractivity (Wildman–Crippen MR) is 115 cm³/mol. The van der Waals surface area contributed by atoms with Crippen LogP contribution in [0.5, 0.6) is 0 Å². The number of fused-ring (bicyclic) bond motifs is 1. The highest BCUT2D eigenvalue weighted by molar-refractivity contribution is 8.00. The Hall–Kier alpha value is -3.12. The average Bonchev–Trinajstić information content (AvgIpc) is 2.74. The van der Waals surface area contributed by atoms with E-state index in [1.165, 1.54) is 11.8 Å². The number of hydrogen-bond acceptors (Lipinski definition) is 4. The first-order valence-electron chi connectivity index (χ1n) is 9.40.